The summed E-state index contributed by atoms with van der Waals surface area (Å²) < 4.78 is 10.8. The average Bonchev–Trinajstić information content (AvgIpc) is 2.54. The number of carbonyl (C=O) groups is 1. The minimum atomic E-state index is -0.921. The Balaban J connectivity index is 2.76. The molecule has 0 radical (unpaired) electrons. The zero-order chi connectivity index (χ0) is 16.5. The molecule has 122 valence electrons. The molecule has 2 atom stereocenters. The van der Waals surface area contributed by atoms with Crippen molar-refractivity contribution in [2.24, 2.45) is 0 Å². The van der Waals surface area contributed by atoms with Crippen molar-refractivity contribution in [1.29, 1.82) is 0 Å². The van der Waals surface area contributed by atoms with Gasteiger partial charge in [0.25, 0.3) is 0 Å². The summed E-state index contributed by atoms with van der Waals surface area (Å²) in [6.45, 7) is 5.78. The lowest BCUT2D eigenvalue weighted by molar-refractivity contribution is -0.128. The number of allylic oxidation sites excluding steroid dienone is 1. The van der Waals surface area contributed by atoms with Crippen LogP contribution in [-0.4, -0.2) is 35.3 Å². The molecule has 0 saturated heterocycles. The minimum Gasteiger partial charge on any atom is -0.497 e. The highest BCUT2D eigenvalue weighted by Crippen LogP contribution is 2.19. The molecule has 1 rings (SSSR count). The predicted molar refractivity (Wildman–Crippen MR) is 90.1 cm³/mol. The van der Waals surface area contributed by atoms with E-state index >= 15 is 0 Å². The van der Waals surface area contributed by atoms with E-state index in [1.807, 2.05) is 38.1 Å². The summed E-state index contributed by atoms with van der Waals surface area (Å²) in [5.41, 5.74) is 1.65. The minimum absolute atomic E-state index is 0.148. The molecule has 4 nitrogen and oxygen atoms in total. The quantitative estimate of drug-likeness (QED) is 0.744. The van der Waals surface area contributed by atoms with E-state index in [-0.39, 0.29) is 11.7 Å². The first-order chi connectivity index (χ1) is 10.5. The molecule has 0 aliphatic heterocycles. The van der Waals surface area contributed by atoms with Crippen LogP contribution in [0, 0.1) is 0 Å². The Morgan fingerprint density at radius 2 is 2.00 bits per heavy atom. The highest BCUT2D eigenvalue weighted by molar-refractivity contribution is 8.13. The van der Waals surface area contributed by atoms with E-state index < -0.39 is 12.2 Å². The van der Waals surface area contributed by atoms with Crippen LogP contribution in [0.15, 0.2) is 35.9 Å². The third kappa shape index (κ3) is 5.48. The first kappa shape index (κ1) is 18.7. The number of hydrogen-bond donors (Lipinski definition) is 1. The lowest BCUT2D eigenvalue weighted by Crippen LogP contribution is -2.36. The fourth-order valence-corrected chi connectivity index (χ4v) is 2.48. The Kier molecular flexibility index (Phi) is 8.24. The fourth-order valence-electron chi connectivity index (χ4n) is 1.83. The molecule has 1 aromatic rings. The number of benzene rings is 1. The highest BCUT2D eigenvalue weighted by Gasteiger charge is 2.28. The SMILES string of the molecule is C/C=C(\C)[C@@H](O)[C@@H](OCc1ccc(OC)cc1)C(=O)SCC. The monoisotopic (exact) mass is 324 g/mol. The number of carbonyl (C=O) groups excluding carboxylic acids is 1. The van der Waals surface area contributed by atoms with Crippen LogP contribution in [0.3, 0.4) is 0 Å². The van der Waals surface area contributed by atoms with Crippen LogP contribution >= 0.6 is 11.8 Å². The highest BCUT2D eigenvalue weighted by atomic mass is 32.2. The first-order valence-corrected chi connectivity index (χ1v) is 8.24. The Hall–Kier alpha value is -1.30. The number of aliphatic hydroxyl groups excluding tert-OH is 1. The number of thioether (sulfide) groups is 1. The van der Waals surface area contributed by atoms with Gasteiger partial charge in [-0.2, -0.15) is 0 Å². The van der Waals surface area contributed by atoms with Crippen molar-refractivity contribution >= 4 is 16.9 Å². The summed E-state index contributed by atoms with van der Waals surface area (Å²) in [5, 5.41) is 10.1. The molecule has 0 saturated carbocycles. The first-order valence-electron chi connectivity index (χ1n) is 7.25. The van der Waals surface area contributed by atoms with E-state index in [1.165, 1.54) is 11.8 Å². The topological polar surface area (TPSA) is 55.8 Å². The van der Waals surface area contributed by atoms with E-state index in [9.17, 15) is 9.90 Å². The summed E-state index contributed by atoms with van der Waals surface area (Å²) >= 11 is 1.17. The third-order valence-corrected chi connectivity index (χ3v) is 4.12. The summed E-state index contributed by atoms with van der Waals surface area (Å²) in [5.74, 6) is 1.42. The molecular formula is C17H24O4S. The van der Waals surface area contributed by atoms with Crippen molar-refractivity contribution in [2.75, 3.05) is 12.9 Å². The molecule has 0 spiro atoms. The second kappa shape index (κ2) is 9.66. The van der Waals surface area contributed by atoms with Gasteiger partial charge in [0.05, 0.1) is 13.7 Å². The van der Waals surface area contributed by atoms with Crippen molar-refractivity contribution < 1.29 is 19.4 Å². The Morgan fingerprint density at radius 3 is 2.50 bits per heavy atom. The molecule has 0 bridgehead atoms. The second-order valence-electron chi connectivity index (χ2n) is 4.81. The number of rotatable bonds is 8. The fraction of sp³-hybridized carbons (Fsp3) is 0.471. The molecule has 0 aromatic heterocycles. The van der Waals surface area contributed by atoms with Gasteiger partial charge in [0, 0.05) is 0 Å². The summed E-state index contributed by atoms with van der Waals surface area (Å²) in [4.78, 5) is 12.2. The zero-order valence-electron chi connectivity index (χ0n) is 13.5. The zero-order valence-corrected chi connectivity index (χ0v) is 14.4. The second-order valence-corrected chi connectivity index (χ2v) is 6.08. The number of hydrogen-bond acceptors (Lipinski definition) is 5. The van der Waals surface area contributed by atoms with Crippen LogP contribution in [0.25, 0.3) is 0 Å². The maximum Gasteiger partial charge on any atom is 0.220 e. The van der Waals surface area contributed by atoms with Gasteiger partial charge in [0.2, 0.25) is 5.12 Å². The van der Waals surface area contributed by atoms with Gasteiger partial charge in [0.15, 0.2) is 6.10 Å². The Labute approximate surface area is 136 Å². The van der Waals surface area contributed by atoms with E-state index in [0.717, 1.165) is 16.9 Å². The maximum absolute atomic E-state index is 12.2. The smallest absolute Gasteiger partial charge is 0.220 e. The average molecular weight is 324 g/mol. The van der Waals surface area contributed by atoms with Gasteiger partial charge in [-0.3, -0.25) is 4.79 Å². The number of methoxy groups -OCH3 is 1. The molecule has 0 aliphatic rings. The Bertz CT molecular complexity index is 496. The van der Waals surface area contributed by atoms with Gasteiger partial charge in [-0.25, -0.2) is 0 Å². The van der Waals surface area contributed by atoms with Crippen LogP contribution < -0.4 is 4.74 Å². The van der Waals surface area contributed by atoms with Crippen LogP contribution in [-0.2, 0) is 16.1 Å². The van der Waals surface area contributed by atoms with Gasteiger partial charge >= 0.3 is 0 Å². The molecule has 0 fully saturated rings. The lowest BCUT2D eigenvalue weighted by atomic mass is 10.1. The standard InChI is InChI=1S/C17H24O4S/c1-5-12(3)15(18)16(17(19)22-6-2)21-11-13-7-9-14(20-4)10-8-13/h5,7-10,15-16,18H,6,11H2,1-4H3/b12-5+/t15-,16-/m1/s1. The van der Waals surface area contributed by atoms with Gasteiger partial charge in [-0.05, 0) is 42.9 Å². The van der Waals surface area contributed by atoms with E-state index in [1.54, 1.807) is 20.1 Å². The molecule has 0 heterocycles. The van der Waals surface area contributed by atoms with Gasteiger partial charge < -0.3 is 14.6 Å². The Morgan fingerprint density at radius 1 is 1.36 bits per heavy atom. The molecule has 1 N–H and O–H groups in total. The summed E-state index contributed by atoms with van der Waals surface area (Å²) in [6, 6.07) is 7.43. The maximum atomic E-state index is 12.2. The van der Waals surface area contributed by atoms with Gasteiger partial charge in [-0.15, -0.1) is 0 Å². The van der Waals surface area contributed by atoms with Crippen molar-refractivity contribution in [1.82, 2.24) is 0 Å². The van der Waals surface area contributed by atoms with Crippen molar-refractivity contribution in [2.45, 2.75) is 39.6 Å². The number of ether oxygens (including phenoxy) is 2. The summed E-state index contributed by atoms with van der Waals surface area (Å²) in [7, 11) is 1.61. The van der Waals surface area contributed by atoms with E-state index in [0.29, 0.717) is 5.75 Å². The lowest BCUT2D eigenvalue weighted by Gasteiger charge is -2.22. The third-order valence-electron chi connectivity index (χ3n) is 3.32. The van der Waals surface area contributed by atoms with Crippen molar-refractivity contribution in [3.05, 3.63) is 41.5 Å². The number of aliphatic hydroxyl groups is 1. The largest absolute Gasteiger partial charge is 0.497 e. The molecule has 0 unspecified atom stereocenters. The molecule has 1 aromatic carbocycles. The van der Waals surface area contributed by atoms with Gasteiger partial charge in [0.1, 0.15) is 11.9 Å². The van der Waals surface area contributed by atoms with Crippen LogP contribution in [0.5, 0.6) is 5.75 Å². The van der Waals surface area contributed by atoms with Crippen LogP contribution in [0.4, 0.5) is 0 Å². The van der Waals surface area contributed by atoms with E-state index in [4.69, 9.17) is 9.47 Å². The van der Waals surface area contributed by atoms with Crippen molar-refractivity contribution in [3.63, 3.8) is 0 Å². The summed E-state index contributed by atoms with van der Waals surface area (Å²) in [6.07, 6.45) is 0.0104. The molecule has 0 amide bonds. The molecule has 22 heavy (non-hydrogen) atoms. The van der Waals surface area contributed by atoms with Crippen LogP contribution in [0.2, 0.25) is 0 Å². The van der Waals surface area contributed by atoms with Crippen molar-refractivity contribution in [3.8, 4) is 5.75 Å². The normalized spacial score (nSPS) is 14.5. The molecule has 5 heteroatoms. The van der Waals surface area contributed by atoms with E-state index in [2.05, 4.69) is 0 Å². The van der Waals surface area contributed by atoms with Gasteiger partial charge in [-0.1, -0.05) is 36.9 Å². The molecular weight excluding hydrogens is 300 g/mol. The molecule has 0 aliphatic carbocycles. The predicted octanol–water partition coefficient (Wildman–Crippen LogP) is 3.19. The van der Waals surface area contributed by atoms with Crippen LogP contribution in [0.1, 0.15) is 26.3 Å².